The molecule has 1 unspecified atom stereocenters. The fourth-order valence-electron chi connectivity index (χ4n) is 1.83. The average Bonchev–Trinajstić information content (AvgIpc) is 2.85. The van der Waals surface area contributed by atoms with Crippen molar-refractivity contribution in [1.82, 2.24) is 9.97 Å². The molecule has 0 spiro atoms. The smallest absolute Gasteiger partial charge is 0.131 e. The Morgan fingerprint density at radius 3 is 2.87 bits per heavy atom. The van der Waals surface area contributed by atoms with Gasteiger partial charge in [0.15, 0.2) is 0 Å². The monoisotopic (exact) mass is 206 g/mol. The van der Waals surface area contributed by atoms with Crippen LogP contribution >= 0.6 is 0 Å². The van der Waals surface area contributed by atoms with Gasteiger partial charge in [0.2, 0.25) is 0 Å². The van der Waals surface area contributed by atoms with Gasteiger partial charge in [0.05, 0.1) is 0 Å². The molecule has 15 heavy (non-hydrogen) atoms. The zero-order chi connectivity index (χ0) is 10.8. The lowest BCUT2D eigenvalue weighted by Crippen LogP contribution is -2.17. The molecule has 0 saturated heterocycles. The third-order valence-corrected chi connectivity index (χ3v) is 2.64. The highest BCUT2D eigenvalue weighted by Gasteiger charge is 2.23. The number of hydrogen-bond acceptors (Lipinski definition) is 4. The molecule has 0 aromatic carbocycles. The SMILES string of the molecule is Cc1nc(N)cc(NC(C)CC2CC2)n1. The summed E-state index contributed by atoms with van der Waals surface area (Å²) >= 11 is 0. The first-order valence-corrected chi connectivity index (χ1v) is 5.51. The lowest BCUT2D eigenvalue weighted by Gasteiger charge is -2.14. The van der Waals surface area contributed by atoms with Crippen LogP contribution in [-0.4, -0.2) is 16.0 Å². The van der Waals surface area contributed by atoms with Crippen molar-refractivity contribution in [3.8, 4) is 0 Å². The lowest BCUT2D eigenvalue weighted by molar-refractivity contribution is 0.639. The van der Waals surface area contributed by atoms with E-state index in [0.29, 0.717) is 11.9 Å². The predicted molar refractivity (Wildman–Crippen MR) is 61.6 cm³/mol. The summed E-state index contributed by atoms with van der Waals surface area (Å²) < 4.78 is 0. The van der Waals surface area contributed by atoms with E-state index in [-0.39, 0.29) is 0 Å². The molecule has 1 saturated carbocycles. The van der Waals surface area contributed by atoms with E-state index in [1.54, 1.807) is 6.07 Å². The fraction of sp³-hybridized carbons (Fsp3) is 0.636. The van der Waals surface area contributed by atoms with Gasteiger partial charge in [-0.3, -0.25) is 0 Å². The van der Waals surface area contributed by atoms with Crippen LogP contribution < -0.4 is 11.1 Å². The maximum absolute atomic E-state index is 5.66. The number of rotatable bonds is 4. The zero-order valence-corrected chi connectivity index (χ0v) is 9.33. The lowest BCUT2D eigenvalue weighted by atomic mass is 10.1. The molecular formula is C11H18N4. The third-order valence-electron chi connectivity index (χ3n) is 2.64. The molecule has 4 heteroatoms. The normalized spacial score (nSPS) is 17.5. The van der Waals surface area contributed by atoms with E-state index in [1.807, 2.05) is 6.92 Å². The molecule has 1 fully saturated rings. The molecule has 4 nitrogen and oxygen atoms in total. The first kappa shape index (κ1) is 10.2. The molecule has 82 valence electrons. The third kappa shape index (κ3) is 3.08. The van der Waals surface area contributed by atoms with Gasteiger partial charge in [-0.1, -0.05) is 12.8 Å². The Balaban J connectivity index is 1.96. The minimum atomic E-state index is 0.464. The van der Waals surface area contributed by atoms with E-state index in [2.05, 4.69) is 22.2 Å². The Bertz CT molecular complexity index is 326. The maximum atomic E-state index is 5.66. The molecule has 1 aromatic rings. The number of anilines is 2. The summed E-state index contributed by atoms with van der Waals surface area (Å²) in [6.45, 7) is 4.04. The summed E-state index contributed by atoms with van der Waals surface area (Å²) in [6, 6.07) is 2.25. The molecule has 0 aliphatic heterocycles. The van der Waals surface area contributed by atoms with E-state index in [1.165, 1.54) is 19.3 Å². The van der Waals surface area contributed by atoms with Crippen molar-refractivity contribution in [2.75, 3.05) is 11.1 Å². The molecule has 3 N–H and O–H groups in total. The maximum Gasteiger partial charge on any atom is 0.131 e. The molecule has 1 aliphatic carbocycles. The average molecular weight is 206 g/mol. The van der Waals surface area contributed by atoms with Crippen LogP contribution in [0.25, 0.3) is 0 Å². The van der Waals surface area contributed by atoms with Crippen molar-refractivity contribution in [2.24, 2.45) is 5.92 Å². The summed E-state index contributed by atoms with van der Waals surface area (Å²) in [6.07, 6.45) is 4.00. The van der Waals surface area contributed by atoms with Gasteiger partial charge in [0.25, 0.3) is 0 Å². The standard InChI is InChI=1S/C11H18N4/c1-7(5-9-3-4-9)13-11-6-10(12)14-8(2)15-11/h6-7,9H,3-5H2,1-2H3,(H3,12,13,14,15). The van der Waals surface area contributed by atoms with Crippen LogP contribution in [0.3, 0.4) is 0 Å². The molecule has 0 bridgehead atoms. The van der Waals surface area contributed by atoms with Crippen LogP contribution in [0, 0.1) is 12.8 Å². The van der Waals surface area contributed by atoms with Gasteiger partial charge in [-0.2, -0.15) is 0 Å². The highest BCUT2D eigenvalue weighted by molar-refractivity contribution is 5.45. The van der Waals surface area contributed by atoms with Crippen molar-refractivity contribution in [3.05, 3.63) is 11.9 Å². The quantitative estimate of drug-likeness (QED) is 0.790. The second-order valence-electron chi connectivity index (χ2n) is 4.45. The largest absolute Gasteiger partial charge is 0.384 e. The van der Waals surface area contributed by atoms with Crippen LogP contribution in [0.5, 0.6) is 0 Å². The molecule has 1 aromatic heterocycles. The molecule has 0 radical (unpaired) electrons. The Hall–Kier alpha value is -1.32. The van der Waals surface area contributed by atoms with Gasteiger partial charge < -0.3 is 11.1 Å². The summed E-state index contributed by atoms with van der Waals surface area (Å²) in [5.41, 5.74) is 5.66. The van der Waals surface area contributed by atoms with Crippen molar-refractivity contribution in [2.45, 2.75) is 39.2 Å². The molecule has 1 atom stereocenters. The fourth-order valence-corrected chi connectivity index (χ4v) is 1.83. The summed E-state index contributed by atoms with van der Waals surface area (Å²) in [5.74, 6) is 3.01. The number of aromatic nitrogens is 2. The van der Waals surface area contributed by atoms with Crippen molar-refractivity contribution < 1.29 is 0 Å². The molecule has 1 aliphatic rings. The van der Waals surface area contributed by atoms with Gasteiger partial charge in [0.1, 0.15) is 17.5 Å². The van der Waals surface area contributed by atoms with E-state index < -0.39 is 0 Å². The second kappa shape index (κ2) is 4.04. The van der Waals surface area contributed by atoms with Crippen LogP contribution in [0.1, 0.15) is 32.0 Å². The van der Waals surface area contributed by atoms with Crippen molar-refractivity contribution >= 4 is 11.6 Å². The summed E-state index contributed by atoms with van der Waals surface area (Å²) in [5, 5.41) is 3.36. The number of nitrogen functional groups attached to an aromatic ring is 1. The first-order valence-electron chi connectivity index (χ1n) is 5.51. The number of nitrogens with one attached hydrogen (secondary N) is 1. The van der Waals surface area contributed by atoms with Crippen LogP contribution in [0.4, 0.5) is 11.6 Å². The molecule has 1 heterocycles. The number of aryl methyl sites for hydroxylation is 1. The van der Waals surface area contributed by atoms with E-state index in [4.69, 9.17) is 5.73 Å². The zero-order valence-electron chi connectivity index (χ0n) is 9.33. The Morgan fingerprint density at radius 1 is 1.53 bits per heavy atom. The van der Waals surface area contributed by atoms with E-state index in [0.717, 1.165) is 17.6 Å². The van der Waals surface area contributed by atoms with Gasteiger partial charge in [0, 0.05) is 12.1 Å². The van der Waals surface area contributed by atoms with Gasteiger partial charge in [-0.05, 0) is 26.2 Å². The number of nitrogens with two attached hydrogens (primary N) is 1. The number of nitrogens with zero attached hydrogens (tertiary/aromatic N) is 2. The van der Waals surface area contributed by atoms with Crippen molar-refractivity contribution in [1.29, 1.82) is 0 Å². The highest BCUT2D eigenvalue weighted by atomic mass is 15.1. The van der Waals surface area contributed by atoms with Gasteiger partial charge in [-0.15, -0.1) is 0 Å². The highest BCUT2D eigenvalue weighted by Crippen LogP contribution is 2.33. The van der Waals surface area contributed by atoms with Crippen molar-refractivity contribution in [3.63, 3.8) is 0 Å². The van der Waals surface area contributed by atoms with Gasteiger partial charge >= 0.3 is 0 Å². The van der Waals surface area contributed by atoms with Crippen LogP contribution in [0.15, 0.2) is 6.07 Å². The minimum Gasteiger partial charge on any atom is -0.384 e. The predicted octanol–water partition coefficient (Wildman–Crippen LogP) is 1.97. The Morgan fingerprint density at radius 2 is 2.27 bits per heavy atom. The molecular weight excluding hydrogens is 188 g/mol. The summed E-state index contributed by atoms with van der Waals surface area (Å²) in [4.78, 5) is 8.34. The van der Waals surface area contributed by atoms with Crippen LogP contribution in [-0.2, 0) is 0 Å². The minimum absolute atomic E-state index is 0.464. The topological polar surface area (TPSA) is 63.8 Å². The Kier molecular flexibility index (Phi) is 2.75. The van der Waals surface area contributed by atoms with Crippen LogP contribution in [0.2, 0.25) is 0 Å². The van der Waals surface area contributed by atoms with E-state index >= 15 is 0 Å². The summed E-state index contributed by atoms with van der Waals surface area (Å²) in [7, 11) is 0. The number of hydrogen-bond donors (Lipinski definition) is 2. The van der Waals surface area contributed by atoms with E-state index in [9.17, 15) is 0 Å². The van der Waals surface area contributed by atoms with Gasteiger partial charge in [-0.25, -0.2) is 9.97 Å². The second-order valence-corrected chi connectivity index (χ2v) is 4.45. The first-order chi connectivity index (χ1) is 7.13. The molecule has 0 amide bonds. The Labute approximate surface area is 90.3 Å². The molecule has 2 rings (SSSR count).